The minimum Gasteiger partial charge on any atom is -0.389 e. The van der Waals surface area contributed by atoms with Gasteiger partial charge < -0.3 is 4.84 Å². The smallest absolute Gasteiger partial charge is 0.163 e. The van der Waals surface area contributed by atoms with Crippen LogP contribution in [0.3, 0.4) is 0 Å². The molecule has 1 atom stereocenters. The Morgan fingerprint density at radius 3 is 2.41 bits per heavy atom. The van der Waals surface area contributed by atoms with Crippen LogP contribution in [-0.4, -0.2) is 17.1 Å². The predicted octanol–water partition coefficient (Wildman–Crippen LogP) is 6.57. The molecule has 1 aliphatic heterocycles. The quantitative estimate of drug-likeness (QED) is 0.519. The van der Waals surface area contributed by atoms with Gasteiger partial charge in [-0.2, -0.15) is 0 Å². The fourth-order valence-corrected chi connectivity index (χ4v) is 3.47. The summed E-state index contributed by atoms with van der Waals surface area (Å²) in [6, 6.07) is 10.7. The first kappa shape index (κ1) is 21.2. The van der Waals surface area contributed by atoms with E-state index in [-0.39, 0.29) is 23.1 Å². The number of hydrogen-bond acceptors (Lipinski definition) is 3. The molecule has 0 bridgehead atoms. The number of carbonyl (C=O) groups excluding carboxylic acids is 1. The van der Waals surface area contributed by atoms with Crippen LogP contribution in [0.15, 0.2) is 41.6 Å². The van der Waals surface area contributed by atoms with Gasteiger partial charge in [-0.3, -0.25) is 4.79 Å². The molecule has 4 heteroatoms. The van der Waals surface area contributed by atoms with Crippen LogP contribution in [0.2, 0.25) is 0 Å². The summed E-state index contributed by atoms with van der Waals surface area (Å²) >= 11 is 0. The third-order valence-corrected chi connectivity index (χ3v) is 5.72. The van der Waals surface area contributed by atoms with Gasteiger partial charge in [0.1, 0.15) is 11.4 Å². The molecule has 1 heterocycles. The summed E-state index contributed by atoms with van der Waals surface area (Å²) in [5, 5.41) is 4.32. The van der Waals surface area contributed by atoms with Crippen molar-refractivity contribution in [2.24, 2.45) is 17.0 Å². The van der Waals surface area contributed by atoms with Crippen molar-refractivity contribution in [3.8, 4) is 11.1 Å². The van der Waals surface area contributed by atoms with Gasteiger partial charge in [-0.15, -0.1) is 0 Å². The van der Waals surface area contributed by atoms with Crippen LogP contribution >= 0.6 is 0 Å². The van der Waals surface area contributed by atoms with Gasteiger partial charge in [0, 0.05) is 29.5 Å². The number of ketones is 1. The summed E-state index contributed by atoms with van der Waals surface area (Å²) in [4.78, 5) is 18.6. The average Bonchev–Trinajstić information content (AvgIpc) is 3.04. The number of Topliss-reactive ketones (excluding diaryl/α,β-unsaturated/α-hetero) is 1. The third-order valence-electron chi connectivity index (χ3n) is 5.72. The highest BCUT2D eigenvalue weighted by Gasteiger charge is 2.38. The molecule has 0 amide bonds. The number of halogens is 1. The van der Waals surface area contributed by atoms with Crippen LogP contribution < -0.4 is 0 Å². The van der Waals surface area contributed by atoms with Crippen molar-refractivity contribution in [1.82, 2.24) is 0 Å². The number of carbonyl (C=O) groups is 1. The number of nitrogens with zero attached hydrogens (tertiary/aromatic N) is 1. The van der Waals surface area contributed by atoms with Crippen molar-refractivity contribution >= 4 is 11.5 Å². The third kappa shape index (κ3) is 4.58. The molecule has 2 aromatic rings. The zero-order valence-electron chi connectivity index (χ0n) is 18.2. The van der Waals surface area contributed by atoms with Crippen LogP contribution in [0.5, 0.6) is 0 Å². The van der Waals surface area contributed by atoms with Crippen LogP contribution in [0.25, 0.3) is 11.1 Å². The maximum Gasteiger partial charge on any atom is 0.163 e. The lowest BCUT2D eigenvalue weighted by molar-refractivity contribution is -0.0384. The van der Waals surface area contributed by atoms with Gasteiger partial charge in [0.05, 0.1) is 5.71 Å². The van der Waals surface area contributed by atoms with Gasteiger partial charge in [-0.25, -0.2) is 4.39 Å². The van der Waals surface area contributed by atoms with E-state index in [4.69, 9.17) is 4.84 Å². The van der Waals surface area contributed by atoms with E-state index in [9.17, 15) is 9.18 Å². The van der Waals surface area contributed by atoms with Gasteiger partial charge in [0.15, 0.2) is 5.78 Å². The first-order valence-electron chi connectivity index (χ1n) is 10.3. The summed E-state index contributed by atoms with van der Waals surface area (Å²) in [5.74, 6) is 0.313. The number of aryl methyl sites for hydroxylation is 1. The Morgan fingerprint density at radius 2 is 1.83 bits per heavy atom. The fourth-order valence-electron chi connectivity index (χ4n) is 3.47. The molecule has 3 rings (SSSR count). The van der Waals surface area contributed by atoms with Crippen molar-refractivity contribution in [2.45, 2.75) is 60.0 Å². The maximum atomic E-state index is 14.7. The Balaban J connectivity index is 2.08. The van der Waals surface area contributed by atoms with E-state index >= 15 is 0 Å². The van der Waals surface area contributed by atoms with E-state index < -0.39 is 0 Å². The van der Waals surface area contributed by atoms with E-state index in [0.717, 1.165) is 16.8 Å². The van der Waals surface area contributed by atoms with Crippen molar-refractivity contribution in [3.63, 3.8) is 0 Å². The minimum absolute atomic E-state index is 0.0572. The Kier molecular flexibility index (Phi) is 5.92. The second kappa shape index (κ2) is 8.10. The standard InChI is InChI=1S/C25H30FNO2/c1-15(2)9-24(28)20-12-18(21-8-7-17(5)10-22(21)26)11-19(13-20)23-14-25(6,16(3)4)29-27-23/h7-8,10-13,15-16H,9,14H2,1-6H3. The largest absolute Gasteiger partial charge is 0.389 e. The average molecular weight is 396 g/mol. The second-order valence-electron chi connectivity index (χ2n) is 9.08. The first-order valence-corrected chi connectivity index (χ1v) is 10.3. The normalized spacial score (nSPS) is 18.9. The number of benzene rings is 2. The molecule has 0 saturated heterocycles. The molecule has 0 radical (unpaired) electrons. The first-order chi connectivity index (χ1) is 13.6. The molecule has 0 saturated carbocycles. The highest BCUT2D eigenvalue weighted by Crippen LogP contribution is 2.35. The van der Waals surface area contributed by atoms with E-state index in [1.54, 1.807) is 12.1 Å². The Labute approximate surface area is 173 Å². The van der Waals surface area contributed by atoms with E-state index in [1.807, 2.05) is 45.9 Å². The minimum atomic E-state index is -0.372. The summed E-state index contributed by atoms with van der Waals surface area (Å²) in [6.07, 6.45) is 1.11. The highest BCUT2D eigenvalue weighted by molar-refractivity contribution is 6.06. The molecule has 0 aliphatic carbocycles. The van der Waals surface area contributed by atoms with Gasteiger partial charge in [-0.05, 0) is 61.1 Å². The van der Waals surface area contributed by atoms with E-state index in [1.165, 1.54) is 6.07 Å². The van der Waals surface area contributed by atoms with Crippen LogP contribution in [0.1, 0.15) is 68.9 Å². The van der Waals surface area contributed by atoms with Crippen molar-refractivity contribution < 1.29 is 14.0 Å². The number of oxime groups is 1. The van der Waals surface area contributed by atoms with E-state index in [0.29, 0.717) is 35.4 Å². The fraction of sp³-hybridized carbons (Fsp3) is 0.440. The molecular weight excluding hydrogens is 365 g/mol. The molecule has 0 spiro atoms. The van der Waals surface area contributed by atoms with E-state index in [2.05, 4.69) is 19.0 Å². The SMILES string of the molecule is Cc1ccc(-c2cc(C(=O)CC(C)C)cc(C3=NOC(C)(C(C)C)C3)c2)c(F)c1. The van der Waals surface area contributed by atoms with Crippen LogP contribution in [0, 0.1) is 24.6 Å². The Morgan fingerprint density at radius 1 is 1.14 bits per heavy atom. The monoisotopic (exact) mass is 395 g/mol. The lowest BCUT2D eigenvalue weighted by Gasteiger charge is -2.25. The molecular formula is C25H30FNO2. The highest BCUT2D eigenvalue weighted by atomic mass is 19.1. The molecule has 2 aromatic carbocycles. The molecule has 3 nitrogen and oxygen atoms in total. The molecule has 154 valence electrons. The summed E-state index contributed by atoms with van der Waals surface area (Å²) in [7, 11) is 0. The summed E-state index contributed by atoms with van der Waals surface area (Å²) in [6.45, 7) is 12.2. The zero-order chi connectivity index (χ0) is 21.3. The zero-order valence-corrected chi connectivity index (χ0v) is 18.2. The van der Waals surface area contributed by atoms with Crippen molar-refractivity contribution in [3.05, 3.63) is 58.9 Å². The van der Waals surface area contributed by atoms with Gasteiger partial charge >= 0.3 is 0 Å². The van der Waals surface area contributed by atoms with Crippen LogP contribution in [-0.2, 0) is 4.84 Å². The molecule has 0 fully saturated rings. The predicted molar refractivity (Wildman–Crippen MR) is 116 cm³/mol. The molecule has 1 aliphatic rings. The van der Waals surface area contributed by atoms with Crippen molar-refractivity contribution in [2.75, 3.05) is 0 Å². The Hall–Kier alpha value is -2.49. The molecule has 29 heavy (non-hydrogen) atoms. The molecule has 0 N–H and O–H groups in total. The lowest BCUT2D eigenvalue weighted by atomic mass is 9.85. The summed E-state index contributed by atoms with van der Waals surface area (Å²) in [5.41, 5.74) is 3.87. The maximum absolute atomic E-state index is 14.7. The van der Waals surface area contributed by atoms with Gasteiger partial charge in [-0.1, -0.05) is 45.0 Å². The second-order valence-corrected chi connectivity index (χ2v) is 9.08. The number of hydrogen-bond donors (Lipinski definition) is 0. The van der Waals surface area contributed by atoms with Gasteiger partial charge in [0.2, 0.25) is 0 Å². The van der Waals surface area contributed by atoms with Crippen LogP contribution in [0.4, 0.5) is 4.39 Å². The van der Waals surface area contributed by atoms with Crippen molar-refractivity contribution in [1.29, 1.82) is 0 Å². The Bertz CT molecular complexity index is 961. The lowest BCUT2D eigenvalue weighted by Crippen LogP contribution is -2.31. The molecule has 1 unspecified atom stereocenters. The molecule has 0 aromatic heterocycles. The summed E-state index contributed by atoms with van der Waals surface area (Å²) < 4.78 is 14.7. The number of rotatable bonds is 6. The van der Waals surface area contributed by atoms with Gasteiger partial charge in [0.25, 0.3) is 0 Å². The topological polar surface area (TPSA) is 38.7 Å².